The first-order valence-electron chi connectivity index (χ1n) is 4.48. The monoisotopic (exact) mass is 188 g/mol. The fourth-order valence-electron chi connectivity index (χ4n) is 1.58. The van der Waals surface area contributed by atoms with Crippen LogP contribution in [-0.2, 0) is 0 Å². The zero-order chi connectivity index (χ0) is 10.1. The van der Waals surface area contributed by atoms with Gasteiger partial charge in [0.1, 0.15) is 0 Å². The van der Waals surface area contributed by atoms with Gasteiger partial charge in [-0.3, -0.25) is 0 Å². The average molecular weight is 188 g/mol. The van der Waals surface area contributed by atoms with Gasteiger partial charge in [-0.1, -0.05) is 12.1 Å². The molecule has 1 aromatic carbocycles. The Balaban J connectivity index is 2.82. The van der Waals surface area contributed by atoms with Crippen LogP contribution in [0.4, 0.5) is 5.69 Å². The van der Waals surface area contributed by atoms with E-state index in [2.05, 4.69) is 0 Å². The molecule has 0 amide bonds. The number of para-hydroxylation sites is 1. The molecule has 0 aliphatic heterocycles. The molecule has 0 atom stereocenters. The zero-order valence-electron chi connectivity index (χ0n) is 8.27. The minimum Gasteiger partial charge on any atom is -0.618 e. The zero-order valence-corrected chi connectivity index (χ0v) is 8.27. The molecule has 3 nitrogen and oxygen atoms in total. The molecular weight excluding hydrogens is 176 g/mol. The van der Waals surface area contributed by atoms with Crippen molar-refractivity contribution in [3.05, 3.63) is 41.7 Å². The highest BCUT2D eigenvalue weighted by molar-refractivity contribution is 5.89. The van der Waals surface area contributed by atoms with Crippen LogP contribution in [0.15, 0.2) is 36.5 Å². The number of aromatic nitrogens is 1. The van der Waals surface area contributed by atoms with E-state index in [0.717, 1.165) is 15.8 Å². The maximum atomic E-state index is 11.5. The maximum absolute atomic E-state index is 11.5. The molecule has 0 bridgehead atoms. The molecule has 0 aliphatic carbocycles. The van der Waals surface area contributed by atoms with E-state index in [4.69, 9.17) is 0 Å². The van der Waals surface area contributed by atoms with Crippen LogP contribution < -0.4 is 9.63 Å². The Hall–Kier alpha value is -1.77. The Kier molecular flexibility index (Phi) is 2.00. The summed E-state index contributed by atoms with van der Waals surface area (Å²) in [6.45, 7) is 0. The summed E-state index contributed by atoms with van der Waals surface area (Å²) >= 11 is 0. The van der Waals surface area contributed by atoms with Crippen LogP contribution in [0.3, 0.4) is 0 Å². The minimum absolute atomic E-state index is 0.707. The summed E-state index contributed by atoms with van der Waals surface area (Å²) in [6, 6.07) is 9.43. The second kappa shape index (κ2) is 3.18. The Morgan fingerprint density at radius 2 is 1.86 bits per heavy atom. The van der Waals surface area contributed by atoms with Gasteiger partial charge in [-0.25, -0.2) is 0 Å². The molecular formula is C11H12N2O. The van der Waals surface area contributed by atoms with E-state index in [1.807, 2.05) is 49.3 Å². The van der Waals surface area contributed by atoms with Crippen molar-refractivity contribution in [1.82, 2.24) is 0 Å². The van der Waals surface area contributed by atoms with Crippen LogP contribution in [0.25, 0.3) is 10.9 Å². The van der Waals surface area contributed by atoms with Crippen LogP contribution in [-0.4, -0.2) is 14.1 Å². The molecule has 14 heavy (non-hydrogen) atoms. The molecule has 1 heterocycles. The number of fused-ring (bicyclic) bond motifs is 1. The average Bonchev–Trinajstić information content (AvgIpc) is 2.18. The van der Waals surface area contributed by atoms with E-state index in [1.54, 1.807) is 0 Å². The van der Waals surface area contributed by atoms with Crippen molar-refractivity contribution in [2.45, 2.75) is 0 Å². The van der Waals surface area contributed by atoms with Gasteiger partial charge in [0.15, 0.2) is 6.20 Å². The molecule has 0 saturated heterocycles. The molecule has 72 valence electrons. The molecule has 0 N–H and O–H groups in total. The quantitative estimate of drug-likeness (QED) is 0.502. The predicted molar refractivity (Wildman–Crippen MR) is 57.2 cm³/mol. The largest absolute Gasteiger partial charge is 0.618 e. The highest BCUT2D eigenvalue weighted by Crippen LogP contribution is 2.21. The highest BCUT2D eigenvalue weighted by atomic mass is 16.5. The second-order valence-corrected chi connectivity index (χ2v) is 3.44. The fraction of sp³-hybridized carbons (Fsp3) is 0.182. The van der Waals surface area contributed by atoms with Gasteiger partial charge in [-0.05, 0) is 6.07 Å². The number of rotatable bonds is 1. The van der Waals surface area contributed by atoms with Crippen molar-refractivity contribution >= 4 is 16.6 Å². The smallest absolute Gasteiger partial charge is 0.225 e. The van der Waals surface area contributed by atoms with Gasteiger partial charge in [0, 0.05) is 26.2 Å². The van der Waals surface area contributed by atoms with Crippen LogP contribution >= 0.6 is 0 Å². The van der Waals surface area contributed by atoms with Gasteiger partial charge in [-0.15, -0.1) is 0 Å². The number of nitrogens with zero attached hydrogens (tertiary/aromatic N) is 2. The molecule has 3 heteroatoms. The number of hydrogen-bond donors (Lipinski definition) is 0. The van der Waals surface area contributed by atoms with Crippen LogP contribution in [0.2, 0.25) is 0 Å². The fourth-order valence-corrected chi connectivity index (χ4v) is 1.58. The van der Waals surface area contributed by atoms with Gasteiger partial charge in [0.05, 0.1) is 11.1 Å². The molecule has 0 saturated carbocycles. The standard InChI is InChI=1S/C11H12N2O/c1-12(2)10-7-8-13(14)11-6-4-3-5-9(10)11/h3-8H,1-2H3. The Labute approximate surface area is 82.8 Å². The highest BCUT2D eigenvalue weighted by Gasteiger charge is 2.08. The third-order valence-corrected chi connectivity index (χ3v) is 2.27. The van der Waals surface area contributed by atoms with E-state index >= 15 is 0 Å². The lowest BCUT2D eigenvalue weighted by Crippen LogP contribution is -2.27. The van der Waals surface area contributed by atoms with E-state index in [-0.39, 0.29) is 0 Å². The van der Waals surface area contributed by atoms with E-state index in [1.165, 1.54) is 6.20 Å². The second-order valence-electron chi connectivity index (χ2n) is 3.44. The van der Waals surface area contributed by atoms with Crippen molar-refractivity contribution < 1.29 is 4.73 Å². The SMILES string of the molecule is CN(C)c1cc[n+]([O-])c2ccccc12. The summed E-state index contributed by atoms with van der Waals surface area (Å²) in [7, 11) is 3.94. The summed E-state index contributed by atoms with van der Waals surface area (Å²) < 4.78 is 0.891. The van der Waals surface area contributed by atoms with Gasteiger partial charge in [-0.2, -0.15) is 4.73 Å². The Morgan fingerprint density at radius 3 is 2.57 bits per heavy atom. The summed E-state index contributed by atoms with van der Waals surface area (Å²) in [5, 5.41) is 12.4. The summed E-state index contributed by atoms with van der Waals surface area (Å²) in [4.78, 5) is 2.00. The molecule has 2 rings (SSSR count). The van der Waals surface area contributed by atoms with Gasteiger partial charge in [0.25, 0.3) is 0 Å². The van der Waals surface area contributed by atoms with Gasteiger partial charge < -0.3 is 10.1 Å². The van der Waals surface area contributed by atoms with Crippen LogP contribution in [0, 0.1) is 5.21 Å². The number of pyridine rings is 1. The van der Waals surface area contributed by atoms with Crippen molar-refractivity contribution in [1.29, 1.82) is 0 Å². The summed E-state index contributed by atoms with van der Waals surface area (Å²) in [5.41, 5.74) is 1.77. The van der Waals surface area contributed by atoms with Crippen molar-refractivity contribution in [2.24, 2.45) is 0 Å². The molecule has 0 spiro atoms. The molecule has 1 aromatic heterocycles. The predicted octanol–water partition coefficient (Wildman–Crippen LogP) is 1.54. The van der Waals surface area contributed by atoms with Crippen LogP contribution in [0.5, 0.6) is 0 Å². The lowest BCUT2D eigenvalue weighted by atomic mass is 10.2. The van der Waals surface area contributed by atoms with Crippen molar-refractivity contribution in [3.8, 4) is 0 Å². The maximum Gasteiger partial charge on any atom is 0.225 e. The van der Waals surface area contributed by atoms with Gasteiger partial charge in [0.2, 0.25) is 5.52 Å². The molecule has 0 aliphatic rings. The molecule has 0 unspecified atom stereocenters. The number of hydrogen-bond acceptors (Lipinski definition) is 2. The Morgan fingerprint density at radius 1 is 1.14 bits per heavy atom. The lowest BCUT2D eigenvalue weighted by molar-refractivity contribution is -0.576. The first-order chi connectivity index (χ1) is 6.70. The Bertz CT molecular complexity index is 466. The van der Waals surface area contributed by atoms with E-state index in [0.29, 0.717) is 5.52 Å². The lowest BCUT2D eigenvalue weighted by Gasteiger charge is -2.14. The number of benzene rings is 1. The molecule has 2 aromatic rings. The van der Waals surface area contributed by atoms with Crippen LogP contribution in [0.1, 0.15) is 0 Å². The van der Waals surface area contributed by atoms with Crippen molar-refractivity contribution in [2.75, 3.05) is 19.0 Å². The molecule has 0 radical (unpaired) electrons. The summed E-state index contributed by atoms with van der Waals surface area (Å²) in [6.07, 6.45) is 1.54. The third-order valence-electron chi connectivity index (χ3n) is 2.27. The van der Waals surface area contributed by atoms with E-state index in [9.17, 15) is 5.21 Å². The van der Waals surface area contributed by atoms with Gasteiger partial charge >= 0.3 is 0 Å². The topological polar surface area (TPSA) is 30.2 Å². The third kappa shape index (κ3) is 1.27. The van der Waals surface area contributed by atoms with Crippen molar-refractivity contribution in [3.63, 3.8) is 0 Å². The number of anilines is 1. The normalized spacial score (nSPS) is 10.4. The first-order valence-corrected chi connectivity index (χ1v) is 4.48. The molecule has 0 fully saturated rings. The minimum atomic E-state index is 0.707. The van der Waals surface area contributed by atoms with E-state index < -0.39 is 0 Å². The summed E-state index contributed by atoms with van der Waals surface area (Å²) in [5.74, 6) is 0. The first kappa shape index (κ1) is 8.81.